The highest BCUT2D eigenvalue weighted by Crippen LogP contribution is 2.54. The largest absolute Gasteiger partial charge is 0.364 e. The Morgan fingerprint density at radius 3 is 2.45 bits per heavy atom. The highest BCUT2D eigenvalue weighted by atomic mass is 19.1. The van der Waals surface area contributed by atoms with E-state index in [2.05, 4.69) is 35.8 Å². The fourth-order valence-electron chi connectivity index (χ4n) is 5.92. The number of carbonyl (C=O) groups is 1. The predicted octanol–water partition coefficient (Wildman–Crippen LogP) is 4.91. The van der Waals surface area contributed by atoms with Gasteiger partial charge in [-0.15, -0.1) is 0 Å². The fraction of sp³-hybridized carbons (Fsp3) is 0.480. The normalized spacial score (nSPS) is 26.9. The number of hydrogen-bond donors (Lipinski definition) is 0. The van der Waals surface area contributed by atoms with Gasteiger partial charge in [-0.1, -0.05) is 36.4 Å². The van der Waals surface area contributed by atoms with Crippen LogP contribution in [-0.2, 0) is 10.2 Å². The molecule has 2 heterocycles. The van der Waals surface area contributed by atoms with Crippen LogP contribution in [0.4, 0.5) is 10.1 Å². The molecule has 4 heteroatoms. The van der Waals surface area contributed by atoms with Crippen LogP contribution >= 0.6 is 0 Å². The summed E-state index contributed by atoms with van der Waals surface area (Å²) >= 11 is 0. The van der Waals surface area contributed by atoms with Gasteiger partial charge >= 0.3 is 0 Å². The Morgan fingerprint density at radius 1 is 1.00 bits per heavy atom. The van der Waals surface area contributed by atoms with E-state index in [1.165, 1.54) is 6.07 Å². The first-order valence-corrected chi connectivity index (χ1v) is 10.8. The van der Waals surface area contributed by atoms with Gasteiger partial charge in [-0.2, -0.15) is 0 Å². The molecule has 2 aliphatic heterocycles. The van der Waals surface area contributed by atoms with Gasteiger partial charge in [-0.3, -0.25) is 4.79 Å². The molecule has 0 N–H and O–H groups in total. The summed E-state index contributed by atoms with van der Waals surface area (Å²) < 4.78 is 13.9. The number of hydrogen-bond acceptors (Lipinski definition) is 2. The van der Waals surface area contributed by atoms with Crippen molar-refractivity contribution in [3.05, 3.63) is 66.0 Å². The lowest BCUT2D eigenvalue weighted by Crippen LogP contribution is -2.52. The van der Waals surface area contributed by atoms with Gasteiger partial charge in [-0.25, -0.2) is 4.39 Å². The van der Waals surface area contributed by atoms with Gasteiger partial charge in [-0.05, 0) is 69.7 Å². The van der Waals surface area contributed by atoms with E-state index in [9.17, 15) is 9.18 Å². The zero-order chi connectivity index (χ0) is 20.3. The van der Waals surface area contributed by atoms with Gasteiger partial charge < -0.3 is 9.80 Å². The summed E-state index contributed by atoms with van der Waals surface area (Å²) in [5, 5.41) is 0. The summed E-state index contributed by atoms with van der Waals surface area (Å²) in [4.78, 5) is 18.4. The van der Waals surface area contributed by atoms with Crippen molar-refractivity contribution in [1.82, 2.24) is 4.90 Å². The van der Waals surface area contributed by atoms with E-state index in [0.29, 0.717) is 5.91 Å². The third-order valence-corrected chi connectivity index (χ3v) is 7.39. The molecule has 0 radical (unpaired) electrons. The van der Waals surface area contributed by atoms with E-state index in [1.54, 1.807) is 12.1 Å². The van der Waals surface area contributed by atoms with Crippen molar-refractivity contribution in [1.29, 1.82) is 0 Å². The van der Waals surface area contributed by atoms with Gasteiger partial charge in [0.25, 0.3) is 0 Å². The Labute approximate surface area is 172 Å². The number of amides is 1. The molecule has 5 rings (SSSR count). The molecular formula is C25H29FN2O. The standard InChI is InChI=1S/C25H29FN2O/c1-23(2)17-24(18-28(23)21-11-6-10-20(26)16-21)12-7-15-27(24)22(29)25(13-14-25)19-8-4-3-5-9-19/h3-6,8-11,16H,7,12-15,17-18H2,1-2H3. The second kappa shape index (κ2) is 6.32. The first kappa shape index (κ1) is 18.7. The van der Waals surface area contributed by atoms with Crippen molar-refractivity contribution in [2.75, 3.05) is 18.0 Å². The molecule has 0 aromatic heterocycles. The number of nitrogens with zero attached hydrogens (tertiary/aromatic N) is 2. The van der Waals surface area contributed by atoms with Gasteiger partial charge in [0.05, 0.1) is 11.0 Å². The summed E-state index contributed by atoms with van der Waals surface area (Å²) in [6.45, 7) is 6.05. The molecule has 1 spiro atoms. The molecule has 1 amide bonds. The average Bonchev–Trinajstić information content (AvgIpc) is 3.35. The Balaban J connectivity index is 1.47. The molecular weight excluding hydrogens is 363 g/mol. The molecule has 1 saturated carbocycles. The summed E-state index contributed by atoms with van der Waals surface area (Å²) in [7, 11) is 0. The van der Waals surface area contributed by atoms with E-state index in [4.69, 9.17) is 0 Å². The second-order valence-electron chi connectivity index (χ2n) is 9.79. The molecule has 2 aromatic carbocycles. The average molecular weight is 393 g/mol. The minimum absolute atomic E-state index is 0.125. The van der Waals surface area contributed by atoms with Crippen LogP contribution in [0.1, 0.15) is 51.5 Å². The monoisotopic (exact) mass is 392 g/mol. The quantitative estimate of drug-likeness (QED) is 0.741. The number of halogens is 1. The maximum atomic E-state index is 13.9. The summed E-state index contributed by atoms with van der Waals surface area (Å²) in [6, 6.07) is 17.2. The third kappa shape index (κ3) is 2.87. The molecule has 0 bridgehead atoms. The lowest BCUT2D eigenvalue weighted by atomic mass is 9.86. The molecule has 1 unspecified atom stereocenters. The number of likely N-dealkylation sites (tertiary alicyclic amines) is 1. The van der Waals surface area contributed by atoms with Crippen LogP contribution in [0.2, 0.25) is 0 Å². The van der Waals surface area contributed by atoms with E-state index >= 15 is 0 Å². The number of carbonyl (C=O) groups excluding carboxylic acids is 1. The molecule has 29 heavy (non-hydrogen) atoms. The van der Waals surface area contributed by atoms with Crippen LogP contribution in [0.3, 0.4) is 0 Å². The van der Waals surface area contributed by atoms with Gasteiger partial charge in [0.15, 0.2) is 0 Å². The SMILES string of the molecule is CC1(C)CC2(CCCN2C(=O)C2(c3ccccc3)CC2)CN1c1cccc(F)c1. The highest BCUT2D eigenvalue weighted by molar-refractivity contribution is 5.92. The van der Waals surface area contributed by atoms with Crippen LogP contribution in [0.15, 0.2) is 54.6 Å². The summed E-state index contributed by atoms with van der Waals surface area (Å²) in [5.74, 6) is 0.0951. The minimum atomic E-state index is -0.324. The molecule has 2 aromatic rings. The fourth-order valence-corrected chi connectivity index (χ4v) is 5.92. The van der Waals surface area contributed by atoms with E-state index in [-0.39, 0.29) is 22.3 Å². The van der Waals surface area contributed by atoms with Crippen molar-refractivity contribution in [2.24, 2.45) is 0 Å². The van der Waals surface area contributed by atoms with Gasteiger partial charge in [0, 0.05) is 24.3 Å². The zero-order valence-electron chi connectivity index (χ0n) is 17.3. The predicted molar refractivity (Wildman–Crippen MR) is 113 cm³/mol. The molecule has 3 aliphatic rings. The van der Waals surface area contributed by atoms with Crippen molar-refractivity contribution >= 4 is 11.6 Å². The third-order valence-electron chi connectivity index (χ3n) is 7.39. The number of rotatable bonds is 3. The van der Waals surface area contributed by atoms with Crippen LogP contribution in [0.25, 0.3) is 0 Å². The van der Waals surface area contributed by atoms with Crippen LogP contribution in [-0.4, -0.2) is 35.0 Å². The minimum Gasteiger partial charge on any atom is -0.364 e. The molecule has 2 saturated heterocycles. The zero-order valence-corrected chi connectivity index (χ0v) is 17.3. The van der Waals surface area contributed by atoms with Crippen LogP contribution < -0.4 is 4.90 Å². The molecule has 152 valence electrons. The van der Waals surface area contributed by atoms with Crippen LogP contribution in [0.5, 0.6) is 0 Å². The van der Waals surface area contributed by atoms with Crippen molar-refractivity contribution in [3.63, 3.8) is 0 Å². The Hall–Kier alpha value is -2.36. The van der Waals surface area contributed by atoms with Gasteiger partial charge in [0.2, 0.25) is 5.91 Å². The molecule has 1 atom stereocenters. The second-order valence-corrected chi connectivity index (χ2v) is 9.79. The van der Waals surface area contributed by atoms with E-state index in [0.717, 1.165) is 56.4 Å². The van der Waals surface area contributed by atoms with Gasteiger partial charge in [0.1, 0.15) is 5.82 Å². The number of anilines is 1. The summed E-state index contributed by atoms with van der Waals surface area (Å²) in [6.07, 6.45) is 4.88. The maximum Gasteiger partial charge on any atom is 0.233 e. The van der Waals surface area contributed by atoms with E-state index < -0.39 is 0 Å². The molecule has 3 nitrogen and oxygen atoms in total. The van der Waals surface area contributed by atoms with Crippen LogP contribution in [0, 0.1) is 5.82 Å². The van der Waals surface area contributed by atoms with Crippen molar-refractivity contribution in [3.8, 4) is 0 Å². The highest BCUT2D eigenvalue weighted by Gasteiger charge is 2.60. The number of benzene rings is 2. The topological polar surface area (TPSA) is 23.6 Å². The Morgan fingerprint density at radius 2 is 1.76 bits per heavy atom. The summed E-state index contributed by atoms with van der Waals surface area (Å²) in [5.41, 5.74) is 1.47. The lowest BCUT2D eigenvalue weighted by Gasteiger charge is -2.38. The first-order chi connectivity index (χ1) is 13.9. The Bertz CT molecular complexity index is 937. The molecule has 1 aliphatic carbocycles. The molecule has 3 fully saturated rings. The Kier molecular flexibility index (Phi) is 4.06. The van der Waals surface area contributed by atoms with E-state index in [1.807, 2.05) is 24.3 Å². The smallest absolute Gasteiger partial charge is 0.233 e. The first-order valence-electron chi connectivity index (χ1n) is 10.8. The maximum absolute atomic E-state index is 13.9. The van der Waals surface area contributed by atoms with Crippen molar-refractivity contribution < 1.29 is 9.18 Å². The van der Waals surface area contributed by atoms with Crippen molar-refractivity contribution in [2.45, 2.75) is 62.4 Å². The lowest BCUT2D eigenvalue weighted by molar-refractivity contribution is -0.137.